The summed E-state index contributed by atoms with van der Waals surface area (Å²) in [5.41, 5.74) is -8.76. The predicted octanol–water partition coefficient (Wildman–Crippen LogP) is 12.5. The molecule has 0 saturated carbocycles. The number of carbonyl (C=O) groups excluding carboxylic acids is 3. The number of phenolic OH excluding ortho intramolecular Hbond substituents is 1. The van der Waals surface area contributed by atoms with Crippen LogP contribution >= 0.6 is 0 Å². The predicted molar refractivity (Wildman–Crippen MR) is 250 cm³/mol. The summed E-state index contributed by atoms with van der Waals surface area (Å²) in [7, 11) is -0.0146. The number of hydrogen-bond donors (Lipinski definition) is 2. The Morgan fingerprint density at radius 1 is 0.544 bits per heavy atom. The van der Waals surface area contributed by atoms with Crippen molar-refractivity contribution in [1.29, 1.82) is 0 Å². The maximum absolute atomic E-state index is 12.8. The molecule has 0 unspecified atom stereocenters. The van der Waals surface area contributed by atoms with Crippen molar-refractivity contribution in [2.75, 3.05) is 0 Å². The van der Waals surface area contributed by atoms with E-state index < -0.39 is 46.3 Å². The molecule has 0 aliphatic heterocycles. The van der Waals surface area contributed by atoms with Gasteiger partial charge in [-0.3, -0.25) is 9.59 Å². The van der Waals surface area contributed by atoms with Gasteiger partial charge in [-0.05, 0) is 132 Å². The molecule has 370 valence electrons. The molecule has 0 amide bonds. The van der Waals surface area contributed by atoms with Gasteiger partial charge in [-0.15, -0.1) is 0 Å². The third-order valence-electron chi connectivity index (χ3n) is 10.9. The second-order valence-electron chi connectivity index (χ2n) is 18.3. The number of aliphatic hydroxyl groups is 1. The molecule has 5 rings (SSSR count). The van der Waals surface area contributed by atoms with Crippen molar-refractivity contribution in [1.82, 2.24) is 0 Å². The zero-order chi connectivity index (χ0) is 51.9. The van der Waals surface area contributed by atoms with E-state index in [1.807, 2.05) is 32.9 Å². The number of carbonyl (C=O) groups is 3. The molecule has 0 heterocycles. The highest BCUT2D eigenvalue weighted by Crippen LogP contribution is 2.51. The van der Waals surface area contributed by atoms with E-state index in [4.69, 9.17) is 9.84 Å². The SMILES string of the molecule is CC(C)(C)c1ccc(C(=O)[O-])cc1.CCC(C)(C)C(=O)OC(C)(C)C(O)(C(F)(F)F)C(F)(F)F.CCC(C)(C)C(=O)Oc1ccc(O)cc1.c1ccc([S+](c2ccccc2)c2ccccc2)cc1. The van der Waals surface area contributed by atoms with Crippen molar-refractivity contribution >= 4 is 28.8 Å². The number of rotatable bonds is 11. The van der Waals surface area contributed by atoms with Gasteiger partial charge in [0.2, 0.25) is 0 Å². The summed E-state index contributed by atoms with van der Waals surface area (Å²) in [5, 5.41) is 28.8. The molecular formula is C53H62F6O8S. The summed E-state index contributed by atoms with van der Waals surface area (Å²) in [6.07, 6.45) is -11.3. The van der Waals surface area contributed by atoms with E-state index in [0.29, 0.717) is 19.6 Å². The van der Waals surface area contributed by atoms with Crippen molar-refractivity contribution in [2.45, 2.75) is 133 Å². The normalized spacial score (nSPS) is 12.2. The van der Waals surface area contributed by atoms with Gasteiger partial charge in [0.1, 0.15) is 11.5 Å². The lowest BCUT2D eigenvalue weighted by Gasteiger charge is -2.44. The van der Waals surface area contributed by atoms with E-state index in [1.165, 1.54) is 47.6 Å². The second kappa shape index (κ2) is 24.0. The molecule has 0 fully saturated rings. The van der Waals surface area contributed by atoms with E-state index in [0.717, 1.165) is 12.0 Å². The molecule has 68 heavy (non-hydrogen) atoms. The molecule has 0 radical (unpaired) electrons. The van der Waals surface area contributed by atoms with Crippen LogP contribution in [0.3, 0.4) is 0 Å². The second-order valence-corrected chi connectivity index (χ2v) is 20.4. The van der Waals surface area contributed by atoms with E-state index >= 15 is 0 Å². The molecule has 0 saturated heterocycles. The summed E-state index contributed by atoms with van der Waals surface area (Å²) in [6, 6.07) is 45.1. The third kappa shape index (κ3) is 16.2. The number of carboxylic acids is 1. The number of phenols is 1. The van der Waals surface area contributed by atoms with Crippen LogP contribution in [0.5, 0.6) is 11.5 Å². The van der Waals surface area contributed by atoms with Crippen LogP contribution in [-0.2, 0) is 30.6 Å². The quantitative estimate of drug-likeness (QED) is 0.0579. The minimum Gasteiger partial charge on any atom is -0.545 e. The number of esters is 2. The lowest BCUT2D eigenvalue weighted by molar-refractivity contribution is -0.408. The van der Waals surface area contributed by atoms with Crippen LogP contribution in [0.15, 0.2) is 154 Å². The molecule has 0 bridgehead atoms. The van der Waals surface area contributed by atoms with E-state index in [1.54, 1.807) is 24.3 Å². The zero-order valence-electron chi connectivity index (χ0n) is 40.2. The van der Waals surface area contributed by atoms with Crippen molar-refractivity contribution in [3.8, 4) is 11.5 Å². The Morgan fingerprint density at radius 3 is 1.21 bits per heavy atom. The van der Waals surface area contributed by atoms with Gasteiger partial charge in [0.05, 0.1) is 27.7 Å². The molecule has 15 heteroatoms. The maximum atomic E-state index is 12.8. The number of hydrogen-bond acceptors (Lipinski definition) is 8. The summed E-state index contributed by atoms with van der Waals surface area (Å²) >= 11 is 0. The average Bonchev–Trinajstić information content (AvgIpc) is 3.27. The van der Waals surface area contributed by atoms with Gasteiger partial charge in [-0.25, -0.2) is 0 Å². The number of benzene rings is 5. The molecule has 0 aromatic heterocycles. The number of ether oxygens (including phenoxy) is 2. The Bertz CT molecular complexity index is 2220. The van der Waals surface area contributed by atoms with E-state index in [-0.39, 0.29) is 40.0 Å². The lowest BCUT2D eigenvalue weighted by Crippen LogP contribution is -2.70. The van der Waals surface area contributed by atoms with Crippen molar-refractivity contribution in [3.05, 3.63) is 151 Å². The van der Waals surface area contributed by atoms with Crippen LogP contribution in [-0.4, -0.2) is 51.7 Å². The van der Waals surface area contributed by atoms with Gasteiger partial charge < -0.3 is 29.6 Å². The molecule has 0 aliphatic carbocycles. The summed E-state index contributed by atoms with van der Waals surface area (Å²) in [5.74, 6) is -2.03. The van der Waals surface area contributed by atoms with Crippen LogP contribution in [0.2, 0.25) is 0 Å². The average molecular weight is 973 g/mol. The largest absolute Gasteiger partial charge is 0.545 e. The minimum atomic E-state index is -6.06. The van der Waals surface area contributed by atoms with Crippen molar-refractivity contribution in [3.63, 3.8) is 0 Å². The Hall–Kier alpha value is -5.80. The highest BCUT2D eigenvalue weighted by atomic mass is 32.2. The fourth-order valence-corrected chi connectivity index (χ4v) is 7.62. The monoisotopic (exact) mass is 972 g/mol. The molecule has 0 atom stereocenters. The summed E-state index contributed by atoms with van der Waals surface area (Å²) in [6.45, 7) is 16.8. The van der Waals surface area contributed by atoms with E-state index in [2.05, 4.69) is 117 Å². The van der Waals surface area contributed by atoms with Crippen LogP contribution in [0.4, 0.5) is 26.3 Å². The first-order valence-electron chi connectivity index (χ1n) is 21.6. The number of carboxylic acid groups (broad SMARTS) is 1. The van der Waals surface area contributed by atoms with Crippen LogP contribution in [0.25, 0.3) is 0 Å². The fraction of sp³-hybridized carbons (Fsp3) is 0.377. The highest BCUT2D eigenvalue weighted by molar-refractivity contribution is 7.97. The molecule has 0 spiro atoms. The topological polar surface area (TPSA) is 133 Å². The summed E-state index contributed by atoms with van der Waals surface area (Å²) < 4.78 is 86.1. The molecule has 5 aromatic rings. The zero-order valence-corrected chi connectivity index (χ0v) is 41.0. The van der Waals surface area contributed by atoms with Crippen molar-refractivity contribution in [2.24, 2.45) is 10.8 Å². The maximum Gasteiger partial charge on any atom is 0.430 e. The van der Waals surface area contributed by atoms with Gasteiger partial charge in [-0.2, -0.15) is 26.3 Å². The number of aromatic hydroxyl groups is 1. The van der Waals surface area contributed by atoms with Crippen molar-refractivity contribution < 1.29 is 65.5 Å². The van der Waals surface area contributed by atoms with Crippen LogP contribution in [0.1, 0.15) is 105 Å². The number of halogens is 6. The molecule has 2 N–H and O–H groups in total. The fourth-order valence-electron chi connectivity index (χ4n) is 5.52. The van der Waals surface area contributed by atoms with E-state index in [9.17, 15) is 50.9 Å². The van der Waals surface area contributed by atoms with Gasteiger partial charge >= 0.3 is 24.3 Å². The minimum absolute atomic E-state index is 0.0146. The standard InChI is InChI=1S/C18H15S.C12H18F6O3.C12H16O3.C11H14O2/c1-4-10-16(11-5-1)19(17-12-6-2-7-13-17)18-14-8-3-9-15-18;1-6-8(2,3)7(19)21-9(4,5)10(20,11(13,14)15)12(16,17)18;1-4-12(2,3)11(14)15-10-7-5-9(13)6-8-10;1-11(2,3)9-6-4-8(5-7-9)10(12)13/h1-15H;20H,6H2,1-5H3;5-8,13H,4H2,1-3H3;4-7H,1-3H3,(H,12,13)/q+1;;;/p-1. The smallest absolute Gasteiger partial charge is 0.430 e. The molecule has 0 aliphatic rings. The number of alkyl halides is 6. The third-order valence-corrected chi connectivity index (χ3v) is 13.1. The van der Waals surface area contributed by atoms with Crippen LogP contribution in [0, 0.1) is 10.8 Å². The first-order valence-corrected chi connectivity index (χ1v) is 22.8. The highest BCUT2D eigenvalue weighted by Gasteiger charge is 2.78. The summed E-state index contributed by atoms with van der Waals surface area (Å²) in [4.78, 5) is 37.9. The van der Waals surface area contributed by atoms with Gasteiger partial charge in [0.15, 0.2) is 20.3 Å². The van der Waals surface area contributed by atoms with Gasteiger partial charge in [-0.1, -0.05) is 113 Å². The first-order chi connectivity index (χ1) is 31.3. The Morgan fingerprint density at radius 2 is 0.897 bits per heavy atom. The van der Waals surface area contributed by atoms with Gasteiger partial charge in [0.25, 0.3) is 5.60 Å². The molecular weight excluding hydrogens is 911 g/mol. The molecule has 8 nitrogen and oxygen atoms in total. The Balaban J connectivity index is 0.000000316. The Kier molecular flexibility index (Phi) is 20.6. The first kappa shape index (κ1) is 58.3. The number of aromatic carboxylic acids is 1. The van der Waals surface area contributed by atoms with Gasteiger partial charge in [0, 0.05) is 0 Å². The van der Waals surface area contributed by atoms with Crippen LogP contribution < -0.4 is 9.84 Å². The Labute approximate surface area is 398 Å². The lowest BCUT2D eigenvalue weighted by atomic mass is 9.83. The molecule has 5 aromatic carbocycles.